The van der Waals surface area contributed by atoms with Crippen LogP contribution >= 0.6 is 0 Å². The van der Waals surface area contributed by atoms with Crippen LogP contribution < -0.4 is 5.32 Å². The molecule has 1 N–H and O–H groups in total. The fourth-order valence-electron chi connectivity index (χ4n) is 0.677. The van der Waals surface area contributed by atoms with E-state index in [0.29, 0.717) is 12.5 Å². The Labute approximate surface area is 80.2 Å². The lowest BCUT2D eigenvalue weighted by Gasteiger charge is -2.15. The maximum absolute atomic E-state index is 11.5. The van der Waals surface area contributed by atoms with E-state index in [-0.39, 0.29) is 11.2 Å². The molecule has 0 aromatic carbocycles. The van der Waals surface area contributed by atoms with Gasteiger partial charge in [0.2, 0.25) is 0 Å². The third-order valence-electron chi connectivity index (χ3n) is 1.55. The number of hydrogen-bond donors (Lipinski definition) is 1. The van der Waals surface area contributed by atoms with E-state index in [9.17, 15) is 4.79 Å². The summed E-state index contributed by atoms with van der Waals surface area (Å²) in [6.07, 6.45) is 1.50. The highest BCUT2D eigenvalue weighted by Gasteiger charge is 2.19. The van der Waals surface area contributed by atoms with Crippen LogP contribution in [0.1, 0.15) is 27.7 Å². The van der Waals surface area contributed by atoms with Gasteiger partial charge in [-0.05, 0) is 6.92 Å². The molecule has 0 bridgehead atoms. The maximum atomic E-state index is 11.5. The second-order valence-corrected chi connectivity index (χ2v) is 3.81. The van der Waals surface area contributed by atoms with Gasteiger partial charge in [0.1, 0.15) is 0 Å². The number of hydrogen-bond acceptors (Lipinski definition) is 3. The Morgan fingerprint density at radius 2 is 2.00 bits per heavy atom. The molecule has 0 atom stereocenters. The molecule has 0 saturated carbocycles. The van der Waals surface area contributed by atoms with Gasteiger partial charge in [-0.15, -0.1) is 0 Å². The van der Waals surface area contributed by atoms with Gasteiger partial charge in [-0.3, -0.25) is 4.79 Å². The summed E-state index contributed by atoms with van der Waals surface area (Å²) in [5.41, 5.74) is -0.348. The standard InChI is InChI=1S/C10H19NO2/c1-6-13-9(11-5)7-8(12)10(2,3)4/h7,11H,6H2,1-5H3/b9-7+. The van der Waals surface area contributed by atoms with Crippen molar-refractivity contribution in [2.45, 2.75) is 27.7 Å². The predicted molar refractivity (Wildman–Crippen MR) is 53.2 cm³/mol. The quantitative estimate of drug-likeness (QED) is 0.535. The summed E-state index contributed by atoms with van der Waals surface area (Å²) in [6.45, 7) is 8.08. The fraction of sp³-hybridized carbons (Fsp3) is 0.700. The van der Waals surface area contributed by atoms with E-state index >= 15 is 0 Å². The van der Waals surface area contributed by atoms with Crippen LogP contribution in [-0.4, -0.2) is 19.4 Å². The Hall–Kier alpha value is -0.990. The highest BCUT2D eigenvalue weighted by atomic mass is 16.5. The lowest BCUT2D eigenvalue weighted by atomic mass is 9.91. The van der Waals surface area contributed by atoms with Crippen molar-refractivity contribution >= 4 is 5.78 Å². The van der Waals surface area contributed by atoms with Crippen LogP contribution in [-0.2, 0) is 9.53 Å². The van der Waals surface area contributed by atoms with Crippen molar-refractivity contribution < 1.29 is 9.53 Å². The number of carbonyl (C=O) groups excluding carboxylic acids is 1. The van der Waals surface area contributed by atoms with Crippen LogP contribution in [0.25, 0.3) is 0 Å². The highest BCUT2D eigenvalue weighted by Crippen LogP contribution is 2.15. The lowest BCUT2D eigenvalue weighted by Crippen LogP contribution is -2.21. The Bertz CT molecular complexity index is 201. The Balaban J connectivity index is 4.42. The molecule has 0 aromatic rings. The summed E-state index contributed by atoms with van der Waals surface area (Å²) >= 11 is 0. The fourth-order valence-corrected chi connectivity index (χ4v) is 0.677. The molecular weight excluding hydrogens is 166 g/mol. The van der Waals surface area contributed by atoms with E-state index in [0.717, 1.165) is 0 Å². The molecule has 0 aliphatic heterocycles. The molecule has 3 nitrogen and oxygen atoms in total. The molecule has 0 saturated heterocycles. The van der Waals surface area contributed by atoms with Crippen LogP contribution in [0.2, 0.25) is 0 Å². The molecule has 0 fully saturated rings. The van der Waals surface area contributed by atoms with Crippen molar-refractivity contribution in [3.05, 3.63) is 12.0 Å². The van der Waals surface area contributed by atoms with E-state index in [2.05, 4.69) is 5.32 Å². The van der Waals surface area contributed by atoms with Gasteiger partial charge in [-0.2, -0.15) is 0 Å². The monoisotopic (exact) mass is 185 g/mol. The smallest absolute Gasteiger partial charge is 0.189 e. The van der Waals surface area contributed by atoms with Gasteiger partial charge in [0.15, 0.2) is 11.7 Å². The van der Waals surface area contributed by atoms with Gasteiger partial charge >= 0.3 is 0 Å². The summed E-state index contributed by atoms with van der Waals surface area (Å²) in [5.74, 6) is 0.590. The molecule has 0 rings (SSSR count). The van der Waals surface area contributed by atoms with Crippen molar-refractivity contribution in [2.75, 3.05) is 13.7 Å². The first-order valence-corrected chi connectivity index (χ1v) is 4.48. The van der Waals surface area contributed by atoms with Gasteiger partial charge in [-0.1, -0.05) is 20.8 Å². The minimum atomic E-state index is -0.348. The average Bonchev–Trinajstić information content (AvgIpc) is 2.01. The Kier molecular flexibility index (Phi) is 4.52. The number of allylic oxidation sites excluding steroid dienone is 1. The molecule has 0 spiro atoms. The molecule has 0 heterocycles. The third kappa shape index (κ3) is 4.55. The zero-order valence-corrected chi connectivity index (χ0v) is 9.10. The zero-order valence-electron chi connectivity index (χ0n) is 9.10. The molecule has 0 aliphatic carbocycles. The Morgan fingerprint density at radius 3 is 2.31 bits per heavy atom. The summed E-state index contributed by atoms with van der Waals surface area (Å²) in [6, 6.07) is 0. The first-order chi connectivity index (χ1) is 5.91. The second-order valence-electron chi connectivity index (χ2n) is 3.81. The van der Waals surface area contributed by atoms with Crippen molar-refractivity contribution in [3.63, 3.8) is 0 Å². The minimum absolute atomic E-state index is 0.0605. The summed E-state index contributed by atoms with van der Waals surface area (Å²) in [7, 11) is 1.73. The Morgan fingerprint density at radius 1 is 1.46 bits per heavy atom. The molecule has 76 valence electrons. The van der Waals surface area contributed by atoms with Crippen molar-refractivity contribution in [2.24, 2.45) is 5.41 Å². The van der Waals surface area contributed by atoms with Gasteiger partial charge in [0.05, 0.1) is 6.61 Å². The maximum Gasteiger partial charge on any atom is 0.189 e. The molecule has 0 amide bonds. The summed E-state index contributed by atoms with van der Waals surface area (Å²) < 4.78 is 5.19. The van der Waals surface area contributed by atoms with Crippen molar-refractivity contribution in [1.29, 1.82) is 0 Å². The number of nitrogens with one attached hydrogen (secondary N) is 1. The normalized spacial score (nSPS) is 12.5. The number of ether oxygens (including phenoxy) is 1. The van der Waals surface area contributed by atoms with Crippen LogP contribution in [0.3, 0.4) is 0 Å². The molecule has 0 aliphatic rings. The predicted octanol–water partition coefficient (Wildman–Crippen LogP) is 1.70. The van der Waals surface area contributed by atoms with Gasteiger partial charge in [0, 0.05) is 18.5 Å². The van der Waals surface area contributed by atoms with Crippen molar-refractivity contribution in [1.82, 2.24) is 5.32 Å². The van der Waals surface area contributed by atoms with Gasteiger partial charge in [0.25, 0.3) is 0 Å². The molecule has 3 heteroatoms. The van der Waals surface area contributed by atoms with Gasteiger partial charge < -0.3 is 10.1 Å². The topological polar surface area (TPSA) is 38.3 Å². The first kappa shape index (κ1) is 12.0. The molecular formula is C10H19NO2. The molecule has 0 unspecified atom stereocenters. The number of rotatable bonds is 4. The molecule has 0 aromatic heterocycles. The minimum Gasteiger partial charge on any atom is -0.479 e. The highest BCUT2D eigenvalue weighted by molar-refractivity contribution is 5.94. The first-order valence-electron chi connectivity index (χ1n) is 4.48. The third-order valence-corrected chi connectivity index (χ3v) is 1.55. The van der Waals surface area contributed by atoms with Gasteiger partial charge in [-0.25, -0.2) is 0 Å². The van der Waals surface area contributed by atoms with E-state index < -0.39 is 0 Å². The summed E-state index contributed by atoms with van der Waals surface area (Å²) in [4.78, 5) is 11.5. The second kappa shape index (κ2) is 4.90. The summed E-state index contributed by atoms with van der Waals surface area (Å²) in [5, 5.41) is 2.82. The van der Waals surface area contributed by atoms with E-state index in [1.165, 1.54) is 6.08 Å². The SMILES string of the molecule is CCO/C(=C/C(=O)C(C)(C)C)NC. The zero-order chi connectivity index (χ0) is 10.5. The number of carbonyl (C=O) groups is 1. The van der Waals surface area contributed by atoms with E-state index in [1.54, 1.807) is 7.05 Å². The van der Waals surface area contributed by atoms with E-state index in [1.807, 2.05) is 27.7 Å². The molecule has 13 heavy (non-hydrogen) atoms. The van der Waals surface area contributed by atoms with Crippen LogP contribution in [0.15, 0.2) is 12.0 Å². The largest absolute Gasteiger partial charge is 0.479 e. The van der Waals surface area contributed by atoms with Crippen molar-refractivity contribution in [3.8, 4) is 0 Å². The molecule has 0 radical (unpaired) electrons. The lowest BCUT2D eigenvalue weighted by molar-refractivity contribution is -0.121. The van der Waals surface area contributed by atoms with E-state index in [4.69, 9.17) is 4.74 Å². The number of ketones is 1. The van der Waals surface area contributed by atoms with Crippen LogP contribution in [0.4, 0.5) is 0 Å². The van der Waals surface area contributed by atoms with Crippen LogP contribution in [0, 0.1) is 5.41 Å². The average molecular weight is 185 g/mol. The van der Waals surface area contributed by atoms with Crippen LogP contribution in [0.5, 0.6) is 0 Å².